The minimum absolute atomic E-state index is 0.0342. The van der Waals surface area contributed by atoms with Crippen LogP contribution in [0, 0.1) is 13.8 Å². The van der Waals surface area contributed by atoms with Gasteiger partial charge in [0.05, 0.1) is 16.7 Å². The predicted octanol–water partition coefficient (Wildman–Crippen LogP) is 5.58. The summed E-state index contributed by atoms with van der Waals surface area (Å²) >= 11 is 6.16. The molecule has 0 heterocycles. The van der Waals surface area contributed by atoms with Crippen LogP contribution in [0.25, 0.3) is 0 Å². The lowest BCUT2D eigenvalue weighted by Crippen LogP contribution is -2.38. The van der Waals surface area contributed by atoms with Crippen LogP contribution in [-0.4, -0.2) is 27.0 Å². The second-order valence-corrected chi connectivity index (χ2v) is 10.3. The van der Waals surface area contributed by atoms with Crippen molar-refractivity contribution in [2.24, 2.45) is 0 Å². The molecule has 174 valence electrons. The number of sulfonamides is 1. The molecular weight excluding hydrogens is 460 g/mol. The molecular formula is C25H27ClN2O4S. The molecule has 0 aliphatic heterocycles. The molecule has 3 aromatic carbocycles. The molecule has 0 aromatic heterocycles. The van der Waals surface area contributed by atoms with Crippen molar-refractivity contribution in [2.75, 3.05) is 16.2 Å². The molecule has 3 aromatic rings. The molecule has 0 aliphatic carbocycles. The number of nitrogens with zero attached hydrogens (tertiary/aromatic N) is 1. The van der Waals surface area contributed by atoms with Gasteiger partial charge in [-0.1, -0.05) is 35.4 Å². The van der Waals surface area contributed by atoms with Crippen LogP contribution in [0.3, 0.4) is 0 Å². The average Bonchev–Trinajstić information content (AvgIpc) is 2.75. The maximum absolute atomic E-state index is 13.5. The van der Waals surface area contributed by atoms with Gasteiger partial charge in [0, 0.05) is 10.7 Å². The zero-order valence-corrected chi connectivity index (χ0v) is 20.6. The zero-order chi connectivity index (χ0) is 24.2. The van der Waals surface area contributed by atoms with Crippen molar-refractivity contribution in [1.29, 1.82) is 0 Å². The van der Waals surface area contributed by atoms with Gasteiger partial charge in [0.15, 0.2) is 0 Å². The first-order valence-corrected chi connectivity index (χ1v) is 12.3. The predicted molar refractivity (Wildman–Crippen MR) is 133 cm³/mol. The molecule has 0 aliphatic rings. The minimum atomic E-state index is -4.02. The summed E-state index contributed by atoms with van der Waals surface area (Å²) in [5, 5.41) is 3.13. The molecule has 33 heavy (non-hydrogen) atoms. The van der Waals surface area contributed by atoms with Crippen LogP contribution < -0.4 is 14.4 Å². The number of halogens is 1. The summed E-state index contributed by atoms with van der Waals surface area (Å²) in [4.78, 5) is 13.0. The number of rotatable bonds is 8. The van der Waals surface area contributed by atoms with Crippen molar-refractivity contribution >= 4 is 38.9 Å². The summed E-state index contributed by atoms with van der Waals surface area (Å²) in [6.45, 7) is 7.09. The fourth-order valence-corrected chi connectivity index (χ4v) is 4.85. The van der Waals surface area contributed by atoms with Gasteiger partial charge in [-0.2, -0.15) is 0 Å². The number of carbonyl (C=O) groups is 1. The number of hydrogen-bond donors (Lipinski definition) is 1. The Hall–Kier alpha value is -3.03. The maximum atomic E-state index is 13.5. The quantitative estimate of drug-likeness (QED) is 0.451. The Kier molecular flexibility index (Phi) is 7.66. The molecule has 6 nitrogen and oxygen atoms in total. The van der Waals surface area contributed by atoms with Crippen molar-refractivity contribution in [3.8, 4) is 5.75 Å². The molecule has 1 amide bonds. The second-order valence-electron chi connectivity index (χ2n) is 7.99. The van der Waals surface area contributed by atoms with Gasteiger partial charge in [-0.15, -0.1) is 0 Å². The summed E-state index contributed by atoms with van der Waals surface area (Å²) in [6, 6.07) is 18.4. The number of amides is 1. The number of carbonyl (C=O) groups excluding carboxylic acids is 1. The van der Waals surface area contributed by atoms with Crippen molar-refractivity contribution in [1.82, 2.24) is 0 Å². The van der Waals surface area contributed by atoms with E-state index in [1.165, 1.54) is 12.1 Å². The highest BCUT2D eigenvalue weighted by atomic mass is 35.5. The van der Waals surface area contributed by atoms with E-state index in [4.69, 9.17) is 16.3 Å². The molecule has 0 unspecified atom stereocenters. The average molecular weight is 487 g/mol. The molecule has 1 N–H and O–H groups in total. The third-order valence-electron chi connectivity index (χ3n) is 4.85. The second kappa shape index (κ2) is 10.3. The van der Waals surface area contributed by atoms with Crippen LogP contribution >= 0.6 is 11.6 Å². The largest absolute Gasteiger partial charge is 0.491 e. The Morgan fingerprint density at radius 2 is 1.64 bits per heavy atom. The van der Waals surface area contributed by atoms with E-state index >= 15 is 0 Å². The monoisotopic (exact) mass is 486 g/mol. The number of anilines is 2. The fourth-order valence-electron chi connectivity index (χ4n) is 3.21. The number of nitrogens with one attached hydrogen (secondary N) is 1. The minimum Gasteiger partial charge on any atom is -0.491 e. The Balaban J connectivity index is 1.90. The van der Waals surface area contributed by atoms with Gasteiger partial charge in [0.2, 0.25) is 5.91 Å². The summed E-state index contributed by atoms with van der Waals surface area (Å²) in [7, 11) is -4.02. The van der Waals surface area contributed by atoms with E-state index in [9.17, 15) is 13.2 Å². The molecule has 0 bridgehead atoms. The lowest BCUT2D eigenvalue weighted by Gasteiger charge is -2.26. The first-order valence-electron chi connectivity index (χ1n) is 10.5. The zero-order valence-electron chi connectivity index (χ0n) is 19.0. The summed E-state index contributed by atoms with van der Waals surface area (Å²) in [5.74, 6) is 0.198. The number of hydrogen-bond acceptors (Lipinski definition) is 4. The first-order chi connectivity index (χ1) is 15.6. The molecule has 0 saturated heterocycles. The van der Waals surface area contributed by atoms with E-state index in [1.54, 1.807) is 61.5 Å². The molecule has 0 fully saturated rings. The van der Waals surface area contributed by atoms with Gasteiger partial charge < -0.3 is 10.1 Å². The highest BCUT2D eigenvalue weighted by molar-refractivity contribution is 7.92. The van der Waals surface area contributed by atoms with Crippen molar-refractivity contribution in [3.63, 3.8) is 0 Å². The molecule has 0 saturated carbocycles. The van der Waals surface area contributed by atoms with Crippen LogP contribution in [0.5, 0.6) is 5.75 Å². The van der Waals surface area contributed by atoms with Gasteiger partial charge in [-0.3, -0.25) is 9.10 Å². The topological polar surface area (TPSA) is 75.7 Å². The van der Waals surface area contributed by atoms with E-state index in [-0.39, 0.29) is 11.0 Å². The summed E-state index contributed by atoms with van der Waals surface area (Å²) in [5.41, 5.74) is 2.49. The van der Waals surface area contributed by atoms with E-state index in [1.807, 2.05) is 20.8 Å². The van der Waals surface area contributed by atoms with Crippen LogP contribution in [0.4, 0.5) is 11.4 Å². The summed E-state index contributed by atoms with van der Waals surface area (Å²) < 4.78 is 33.8. The van der Waals surface area contributed by atoms with Gasteiger partial charge in [0.1, 0.15) is 12.3 Å². The van der Waals surface area contributed by atoms with Crippen molar-refractivity contribution in [3.05, 3.63) is 82.9 Å². The van der Waals surface area contributed by atoms with Gasteiger partial charge in [0.25, 0.3) is 10.0 Å². The molecule has 0 radical (unpaired) electrons. The van der Waals surface area contributed by atoms with Crippen molar-refractivity contribution in [2.45, 2.75) is 38.7 Å². The lowest BCUT2D eigenvalue weighted by molar-refractivity contribution is -0.114. The van der Waals surface area contributed by atoms with E-state index in [0.717, 1.165) is 9.87 Å². The Morgan fingerprint density at radius 1 is 1.00 bits per heavy atom. The third-order valence-corrected chi connectivity index (χ3v) is 6.85. The van der Waals surface area contributed by atoms with Crippen LogP contribution in [0.1, 0.15) is 25.0 Å². The highest BCUT2D eigenvalue weighted by Crippen LogP contribution is 2.30. The van der Waals surface area contributed by atoms with E-state index in [0.29, 0.717) is 27.7 Å². The standard InChI is InChI=1S/C25H27ClN2O4S/c1-17(2)32-22-11-9-21(10-12-22)27-25(29)16-28(24-15-20(26)8-7-19(24)4)33(30,31)23-13-5-18(3)6-14-23/h5-15,17H,16H2,1-4H3,(H,27,29). The lowest BCUT2D eigenvalue weighted by atomic mass is 10.2. The smallest absolute Gasteiger partial charge is 0.264 e. The Morgan fingerprint density at radius 3 is 2.24 bits per heavy atom. The number of benzene rings is 3. The molecule has 0 atom stereocenters. The SMILES string of the molecule is Cc1ccc(S(=O)(=O)N(CC(=O)Nc2ccc(OC(C)C)cc2)c2cc(Cl)ccc2C)cc1. The van der Waals surface area contributed by atoms with Crippen LogP contribution in [0.2, 0.25) is 5.02 Å². The van der Waals surface area contributed by atoms with Crippen LogP contribution in [0.15, 0.2) is 71.6 Å². The van der Waals surface area contributed by atoms with Crippen molar-refractivity contribution < 1.29 is 17.9 Å². The highest BCUT2D eigenvalue weighted by Gasteiger charge is 2.28. The molecule has 8 heteroatoms. The van der Waals surface area contributed by atoms with Crippen LogP contribution in [-0.2, 0) is 14.8 Å². The third kappa shape index (κ3) is 6.27. The molecule has 0 spiro atoms. The van der Waals surface area contributed by atoms with E-state index < -0.39 is 22.5 Å². The van der Waals surface area contributed by atoms with E-state index in [2.05, 4.69) is 5.32 Å². The maximum Gasteiger partial charge on any atom is 0.264 e. The number of ether oxygens (including phenoxy) is 1. The van der Waals surface area contributed by atoms with Gasteiger partial charge in [-0.25, -0.2) is 8.42 Å². The fraction of sp³-hybridized carbons (Fsp3) is 0.240. The Labute approximate surface area is 200 Å². The number of aryl methyl sites for hydroxylation is 2. The first kappa shape index (κ1) is 24.6. The Bertz CT molecular complexity index is 1220. The molecule has 3 rings (SSSR count). The van der Waals surface area contributed by atoms with Gasteiger partial charge in [-0.05, 0) is 81.8 Å². The normalized spacial score (nSPS) is 11.3. The summed E-state index contributed by atoms with van der Waals surface area (Å²) in [6.07, 6.45) is 0.0342. The van der Waals surface area contributed by atoms with Gasteiger partial charge >= 0.3 is 0 Å².